The van der Waals surface area contributed by atoms with Gasteiger partial charge in [-0.05, 0) is 19.3 Å². The molecule has 0 atom stereocenters. The van der Waals surface area contributed by atoms with Gasteiger partial charge in [0.2, 0.25) is 5.95 Å². The van der Waals surface area contributed by atoms with Gasteiger partial charge in [0.25, 0.3) is 0 Å². The van der Waals surface area contributed by atoms with Crippen molar-refractivity contribution in [3.05, 3.63) is 18.0 Å². The molecule has 2 aliphatic heterocycles. The van der Waals surface area contributed by atoms with E-state index in [2.05, 4.69) is 19.8 Å². The minimum absolute atomic E-state index is 0.840. The Morgan fingerprint density at radius 3 is 2.32 bits per heavy atom. The zero-order chi connectivity index (χ0) is 12.9. The third kappa shape index (κ3) is 3.42. The fourth-order valence-electron chi connectivity index (χ4n) is 2.70. The van der Waals surface area contributed by atoms with E-state index in [9.17, 15) is 0 Å². The number of piperidine rings is 1. The van der Waals surface area contributed by atoms with E-state index in [1.165, 1.54) is 24.8 Å². The normalized spacial score (nSPS) is 21.6. The SMILES string of the molecule is c1nc(N2CCCCC2)ncc1CN1CCOCC1. The topological polar surface area (TPSA) is 41.5 Å². The summed E-state index contributed by atoms with van der Waals surface area (Å²) in [5.41, 5.74) is 1.20. The van der Waals surface area contributed by atoms with Gasteiger partial charge in [-0.1, -0.05) is 0 Å². The maximum absolute atomic E-state index is 5.36. The van der Waals surface area contributed by atoms with Gasteiger partial charge in [0.05, 0.1) is 13.2 Å². The van der Waals surface area contributed by atoms with Crippen molar-refractivity contribution in [2.24, 2.45) is 0 Å². The van der Waals surface area contributed by atoms with Crippen LogP contribution in [0.15, 0.2) is 12.4 Å². The van der Waals surface area contributed by atoms with Gasteiger partial charge in [0.15, 0.2) is 0 Å². The molecule has 104 valence electrons. The molecule has 1 aromatic heterocycles. The standard InChI is InChI=1S/C14H22N4O/c1-2-4-18(5-3-1)14-15-10-13(11-16-14)12-17-6-8-19-9-7-17/h10-11H,1-9,12H2. The largest absolute Gasteiger partial charge is 0.379 e. The van der Waals surface area contributed by atoms with E-state index in [0.29, 0.717) is 0 Å². The molecular weight excluding hydrogens is 240 g/mol. The van der Waals surface area contributed by atoms with E-state index >= 15 is 0 Å². The molecule has 0 unspecified atom stereocenters. The summed E-state index contributed by atoms with van der Waals surface area (Å²) in [7, 11) is 0. The Morgan fingerprint density at radius 2 is 1.63 bits per heavy atom. The Bertz CT molecular complexity index is 383. The highest BCUT2D eigenvalue weighted by Crippen LogP contribution is 2.15. The van der Waals surface area contributed by atoms with Gasteiger partial charge in [0.1, 0.15) is 0 Å². The van der Waals surface area contributed by atoms with Gasteiger partial charge in [-0.15, -0.1) is 0 Å². The summed E-state index contributed by atoms with van der Waals surface area (Å²) in [5.74, 6) is 0.894. The molecular formula is C14H22N4O. The lowest BCUT2D eigenvalue weighted by atomic mass is 10.1. The number of ether oxygens (including phenoxy) is 1. The van der Waals surface area contributed by atoms with Gasteiger partial charge >= 0.3 is 0 Å². The van der Waals surface area contributed by atoms with Crippen molar-refractivity contribution >= 4 is 5.95 Å². The van der Waals surface area contributed by atoms with E-state index < -0.39 is 0 Å². The molecule has 0 aliphatic carbocycles. The average molecular weight is 262 g/mol. The highest BCUT2D eigenvalue weighted by Gasteiger charge is 2.14. The molecule has 5 nitrogen and oxygen atoms in total. The molecule has 2 fully saturated rings. The first kappa shape index (κ1) is 12.8. The van der Waals surface area contributed by atoms with Crippen molar-refractivity contribution < 1.29 is 4.74 Å². The third-order valence-corrected chi connectivity index (χ3v) is 3.84. The zero-order valence-corrected chi connectivity index (χ0v) is 11.4. The molecule has 2 saturated heterocycles. The minimum atomic E-state index is 0.840. The van der Waals surface area contributed by atoms with Crippen LogP contribution in [0.5, 0.6) is 0 Å². The van der Waals surface area contributed by atoms with E-state index in [1.807, 2.05) is 12.4 Å². The van der Waals surface area contributed by atoms with Gasteiger partial charge in [-0.3, -0.25) is 4.90 Å². The summed E-state index contributed by atoms with van der Waals surface area (Å²) >= 11 is 0. The lowest BCUT2D eigenvalue weighted by molar-refractivity contribution is 0.0341. The predicted molar refractivity (Wildman–Crippen MR) is 74.2 cm³/mol. The van der Waals surface area contributed by atoms with E-state index in [-0.39, 0.29) is 0 Å². The molecule has 3 heterocycles. The van der Waals surface area contributed by atoms with Crippen LogP contribution in [0.2, 0.25) is 0 Å². The first-order valence-electron chi connectivity index (χ1n) is 7.28. The highest BCUT2D eigenvalue weighted by atomic mass is 16.5. The van der Waals surface area contributed by atoms with Gasteiger partial charge in [0, 0.05) is 50.7 Å². The smallest absolute Gasteiger partial charge is 0.225 e. The average Bonchev–Trinajstić information content (AvgIpc) is 2.50. The fraction of sp³-hybridized carbons (Fsp3) is 0.714. The molecule has 2 aliphatic rings. The Hall–Kier alpha value is -1.20. The number of hydrogen-bond acceptors (Lipinski definition) is 5. The molecule has 19 heavy (non-hydrogen) atoms. The first-order chi connectivity index (χ1) is 9.42. The van der Waals surface area contributed by atoms with Gasteiger partial charge in [-0.25, -0.2) is 9.97 Å². The van der Waals surface area contributed by atoms with Crippen molar-refractivity contribution in [2.75, 3.05) is 44.3 Å². The van der Waals surface area contributed by atoms with Crippen LogP contribution in [0.25, 0.3) is 0 Å². The first-order valence-corrected chi connectivity index (χ1v) is 7.28. The van der Waals surface area contributed by atoms with Crippen LogP contribution in [0.4, 0.5) is 5.95 Å². The molecule has 0 amide bonds. The zero-order valence-electron chi connectivity index (χ0n) is 11.4. The third-order valence-electron chi connectivity index (χ3n) is 3.84. The molecule has 0 spiro atoms. The maximum atomic E-state index is 5.36. The lowest BCUT2D eigenvalue weighted by Gasteiger charge is -2.27. The van der Waals surface area contributed by atoms with Crippen LogP contribution in [0.1, 0.15) is 24.8 Å². The number of aromatic nitrogens is 2. The number of rotatable bonds is 3. The van der Waals surface area contributed by atoms with Crippen LogP contribution in [0, 0.1) is 0 Å². The Balaban J connectivity index is 1.58. The summed E-state index contributed by atoms with van der Waals surface area (Å²) in [5, 5.41) is 0. The lowest BCUT2D eigenvalue weighted by Crippen LogP contribution is -2.35. The van der Waals surface area contributed by atoms with Crippen molar-refractivity contribution in [3.63, 3.8) is 0 Å². The number of morpholine rings is 1. The number of nitrogens with zero attached hydrogens (tertiary/aromatic N) is 4. The van der Waals surface area contributed by atoms with Crippen molar-refractivity contribution in [2.45, 2.75) is 25.8 Å². The Morgan fingerprint density at radius 1 is 0.947 bits per heavy atom. The Labute approximate surface area is 114 Å². The van der Waals surface area contributed by atoms with E-state index in [0.717, 1.165) is 51.9 Å². The molecule has 5 heteroatoms. The summed E-state index contributed by atoms with van der Waals surface area (Å²) in [6.45, 7) is 6.83. The van der Waals surface area contributed by atoms with Crippen molar-refractivity contribution in [1.82, 2.24) is 14.9 Å². The van der Waals surface area contributed by atoms with Crippen LogP contribution in [0.3, 0.4) is 0 Å². The summed E-state index contributed by atoms with van der Waals surface area (Å²) in [6.07, 6.45) is 7.82. The number of hydrogen-bond donors (Lipinski definition) is 0. The quantitative estimate of drug-likeness (QED) is 0.821. The molecule has 0 bridgehead atoms. The molecule has 0 N–H and O–H groups in total. The molecule has 0 saturated carbocycles. The second kappa shape index (κ2) is 6.30. The van der Waals surface area contributed by atoms with Gasteiger partial charge in [-0.2, -0.15) is 0 Å². The Kier molecular flexibility index (Phi) is 4.25. The monoisotopic (exact) mass is 262 g/mol. The summed E-state index contributed by atoms with van der Waals surface area (Å²) < 4.78 is 5.36. The van der Waals surface area contributed by atoms with Crippen molar-refractivity contribution in [3.8, 4) is 0 Å². The summed E-state index contributed by atoms with van der Waals surface area (Å²) in [6, 6.07) is 0. The molecule has 1 aromatic rings. The summed E-state index contributed by atoms with van der Waals surface area (Å²) in [4.78, 5) is 13.7. The van der Waals surface area contributed by atoms with Crippen molar-refractivity contribution in [1.29, 1.82) is 0 Å². The van der Waals surface area contributed by atoms with E-state index in [4.69, 9.17) is 4.74 Å². The van der Waals surface area contributed by atoms with Crippen LogP contribution in [-0.4, -0.2) is 54.3 Å². The minimum Gasteiger partial charge on any atom is -0.379 e. The maximum Gasteiger partial charge on any atom is 0.225 e. The molecule has 3 rings (SSSR count). The van der Waals surface area contributed by atoms with Crippen LogP contribution >= 0.6 is 0 Å². The second-order valence-corrected chi connectivity index (χ2v) is 5.33. The van der Waals surface area contributed by atoms with E-state index in [1.54, 1.807) is 0 Å². The van der Waals surface area contributed by atoms with Gasteiger partial charge < -0.3 is 9.64 Å². The second-order valence-electron chi connectivity index (χ2n) is 5.33. The number of anilines is 1. The van der Waals surface area contributed by atoms with Crippen LogP contribution < -0.4 is 4.90 Å². The van der Waals surface area contributed by atoms with Crippen LogP contribution in [-0.2, 0) is 11.3 Å². The highest BCUT2D eigenvalue weighted by molar-refractivity contribution is 5.30. The fourth-order valence-corrected chi connectivity index (χ4v) is 2.70. The predicted octanol–water partition coefficient (Wildman–Crippen LogP) is 1.30. The molecule has 0 radical (unpaired) electrons. The molecule has 0 aromatic carbocycles.